The fraction of sp³-hybridized carbons (Fsp3) is 0.458. The third-order valence-electron chi connectivity index (χ3n) is 6.34. The van der Waals surface area contributed by atoms with Gasteiger partial charge in [-0.3, -0.25) is 9.69 Å². The molecule has 2 heterocycles. The minimum atomic E-state index is -0.294. The first kappa shape index (κ1) is 23.3. The number of nitrogens with zero attached hydrogens (tertiary/aromatic N) is 2. The van der Waals surface area contributed by atoms with Crippen LogP contribution in [0.25, 0.3) is 0 Å². The molecule has 2 saturated heterocycles. The number of hydrazine groups is 1. The van der Waals surface area contributed by atoms with Crippen LogP contribution in [0, 0.1) is 5.82 Å². The number of methoxy groups -OCH3 is 3. The van der Waals surface area contributed by atoms with Gasteiger partial charge in [0.1, 0.15) is 11.9 Å². The van der Waals surface area contributed by atoms with Gasteiger partial charge in [-0.05, 0) is 30.2 Å². The van der Waals surface area contributed by atoms with E-state index < -0.39 is 0 Å². The molecule has 2 atom stereocenters. The number of benzene rings is 2. The molecule has 0 radical (unpaired) electrons. The first-order valence-electron chi connectivity index (χ1n) is 11.1. The first-order valence-corrected chi connectivity index (χ1v) is 11.1. The fourth-order valence-corrected chi connectivity index (χ4v) is 4.51. The van der Waals surface area contributed by atoms with Crippen molar-refractivity contribution in [3.05, 3.63) is 53.3 Å². The summed E-state index contributed by atoms with van der Waals surface area (Å²) in [4.78, 5) is 17.3. The molecule has 8 nitrogen and oxygen atoms in total. The van der Waals surface area contributed by atoms with Crippen LogP contribution in [-0.4, -0.2) is 69.3 Å². The van der Waals surface area contributed by atoms with Gasteiger partial charge in [-0.2, -0.15) is 0 Å². The van der Waals surface area contributed by atoms with Crippen molar-refractivity contribution in [2.45, 2.75) is 25.0 Å². The third kappa shape index (κ3) is 5.05. The van der Waals surface area contributed by atoms with E-state index in [-0.39, 0.29) is 23.8 Å². The predicted molar refractivity (Wildman–Crippen MR) is 122 cm³/mol. The van der Waals surface area contributed by atoms with Crippen LogP contribution in [0.3, 0.4) is 0 Å². The molecule has 0 saturated carbocycles. The highest BCUT2D eigenvalue weighted by molar-refractivity contribution is 5.82. The number of amides is 1. The molecule has 2 aromatic rings. The number of nitrogens with one attached hydrogen (secondary N) is 2. The first-order chi connectivity index (χ1) is 16.0. The van der Waals surface area contributed by atoms with E-state index >= 15 is 0 Å². The zero-order valence-electron chi connectivity index (χ0n) is 19.3. The standard InChI is InChI=1S/C24H31FN4O4/c1-31-21-9-6-17(22(32-2)23(21)33-3)15-28-10-12-29(13-11-28)24(30)20-14-19(26-27-20)16-4-7-18(25)8-5-16/h4-9,19-20,26-27H,10-15H2,1-3H3. The topological polar surface area (TPSA) is 75.3 Å². The summed E-state index contributed by atoms with van der Waals surface area (Å²) in [5.41, 5.74) is 8.26. The molecule has 0 aromatic heterocycles. The molecule has 0 bridgehead atoms. The van der Waals surface area contributed by atoms with Gasteiger partial charge in [0, 0.05) is 44.3 Å². The summed E-state index contributed by atoms with van der Waals surface area (Å²) in [6, 6.07) is 9.95. The predicted octanol–water partition coefficient (Wildman–Crippen LogP) is 2.10. The number of carbonyl (C=O) groups excluding carboxylic acids is 1. The van der Waals surface area contributed by atoms with Crippen LogP contribution in [0.2, 0.25) is 0 Å². The van der Waals surface area contributed by atoms with E-state index in [9.17, 15) is 9.18 Å². The SMILES string of the molecule is COc1ccc(CN2CCN(C(=O)C3CC(c4ccc(F)cc4)NN3)CC2)c(OC)c1OC. The van der Waals surface area contributed by atoms with Crippen LogP contribution >= 0.6 is 0 Å². The molecule has 2 aliphatic heterocycles. The monoisotopic (exact) mass is 458 g/mol. The van der Waals surface area contributed by atoms with Crippen molar-refractivity contribution in [1.29, 1.82) is 0 Å². The summed E-state index contributed by atoms with van der Waals surface area (Å²) in [5.74, 6) is 1.71. The molecule has 178 valence electrons. The van der Waals surface area contributed by atoms with Gasteiger partial charge < -0.3 is 19.1 Å². The molecule has 2 N–H and O–H groups in total. The van der Waals surface area contributed by atoms with Gasteiger partial charge in [0.25, 0.3) is 0 Å². The molecule has 2 unspecified atom stereocenters. The Kier molecular flexibility index (Phi) is 7.32. The van der Waals surface area contributed by atoms with Crippen molar-refractivity contribution in [2.24, 2.45) is 0 Å². The Morgan fingerprint density at radius 2 is 1.64 bits per heavy atom. The van der Waals surface area contributed by atoms with Crippen LogP contribution in [0.1, 0.15) is 23.6 Å². The van der Waals surface area contributed by atoms with Gasteiger partial charge in [-0.1, -0.05) is 18.2 Å². The van der Waals surface area contributed by atoms with Crippen molar-refractivity contribution in [2.75, 3.05) is 47.5 Å². The number of ether oxygens (including phenoxy) is 3. The second-order valence-electron chi connectivity index (χ2n) is 8.28. The molecular formula is C24H31FN4O4. The van der Waals surface area contributed by atoms with E-state index in [4.69, 9.17) is 14.2 Å². The Labute approximate surface area is 193 Å². The molecule has 33 heavy (non-hydrogen) atoms. The van der Waals surface area contributed by atoms with Crippen molar-refractivity contribution in [1.82, 2.24) is 20.7 Å². The van der Waals surface area contributed by atoms with Crippen LogP contribution in [-0.2, 0) is 11.3 Å². The number of halogens is 1. The lowest BCUT2D eigenvalue weighted by atomic mass is 10.0. The summed E-state index contributed by atoms with van der Waals surface area (Å²) >= 11 is 0. The number of hydrogen-bond acceptors (Lipinski definition) is 7. The van der Waals surface area contributed by atoms with E-state index in [1.807, 2.05) is 17.0 Å². The van der Waals surface area contributed by atoms with E-state index in [0.29, 0.717) is 43.3 Å². The number of hydrogen-bond donors (Lipinski definition) is 2. The molecular weight excluding hydrogens is 427 g/mol. The molecule has 1 amide bonds. The summed E-state index contributed by atoms with van der Waals surface area (Å²) in [6.07, 6.45) is 0.632. The molecule has 9 heteroatoms. The van der Waals surface area contributed by atoms with E-state index in [1.165, 1.54) is 12.1 Å². The zero-order chi connectivity index (χ0) is 23.4. The van der Waals surface area contributed by atoms with E-state index in [1.54, 1.807) is 33.5 Å². The largest absolute Gasteiger partial charge is 0.493 e. The minimum Gasteiger partial charge on any atom is -0.493 e. The lowest BCUT2D eigenvalue weighted by molar-refractivity contribution is -0.135. The molecule has 4 rings (SSSR count). The van der Waals surface area contributed by atoms with Crippen LogP contribution in [0.5, 0.6) is 17.2 Å². The third-order valence-corrected chi connectivity index (χ3v) is 6.34. The summed E-state index contributed by atoms with van der Waals surface area (Å²) in [7, 11) is 4.82. The van der Waals surface area contributed by atoms with Crippen molar-refractivity contribution in [3.63, 3.8) is 0 Å². The van der Waals surface area contributed by atoms with Crippen LogP contribution in [0.4, 0.5) is 4.39 Å². The van der Waals surface area contributed by atoms with Gasteiger partial charge >= 0.3 is 0 Å². The minimum absolute atomic E-state index is 0.0154. The Morgan fingerprint density at radius 1 is 0.939 bits per heavy atom. The summed E-state index contributed by atoms with van der Waals surface area (Å²) in [5, 5.41) is 0. The number of rotatable bonds is 7. The molecule has 2 aliphatic rings. The van der Waals surface area contributed by atoms with Crippen LogP contribution < -0.4 is 25.1 Å². The normalized spacial score (nSPS) is 21.2. The average molecular weight is 459 g/mol. The molecule has 0 spiro atoms. The smallest absolute Gasteiger partial charge is 0.241 e. The Morgan fingerprint density at radius 3 is 2.27 bits per heavy atom. The van der Waals surface area contributed by atoms with E-state index in [0.717, 1.165) is 24.2 Å². The molecule has 2 aromatic carbocycles. The van der Waals surface area contributed by atoms with Crippen molar-refractivity contribution >= 4 is 5.91 Å². The maximum Gasteiger partial charge on any atom is 0.241 e. The average Bonchev–Trinajstić information content (AvgIpc) is 3.34. The lowest BCUT2D eigenvalue weighted by Crippen LogP contribution is -2.53. The number of piperazine rings is 1. The van der Waals surface area contributed by atoms with Gasteiger partial charge in [0.05, 0.1) is 21.3 Å². The lowest BCUT2D eigenvalue weighted by Gasteiger charge is -2.36. The molecule has 0 aliphatic carbocycles. The summed E-state index contributed by atoms with van der Waals surface area (Å²) < 4.78 is 29.6. The van der Waals surface area contributed by atoms with E-state index in [2.05, 4.69) is 15.8 Å². The zero-order valence-corrected chi connectivity index (χ0v) is 19.3. The van der Waals surface area contributed by atoms with Crippen molar-refractivity contribution in [3.8, 4) is 17.2 Å². The van der Waals surface area contributed by atoms with Gasteiger partial charge in [0.15, 0.2) is 11.5 Å². The second-order valence-corrected chi connectivity index (χ2v) is 8.28. The Bertz CT molecular complexity index is 964. The van der Waals surface area contributed by atoms with Gasteiger partial charge in [0.2, 0.25) is 11.7 Å². The Balaban J connectivity index is 1.32. The molecule has 2 fully saturated rings. The summed E-state index contributed by atoms with van der Waals surface area (Å²) in [6.45, 7) is 3.55. The fourth-order valence-electron chi connectivity index (χ4n) is 4.51. The van der Waals surface area contributed by atoms with Crippen molar-refractivity contribution < 1.29 is 23.4 Å². The Hall–Kier alpha value is -2.88. The second kappa shape index (κ2) is 10.4. The quantitative estimate of drug-likeness (QED) is 0.658. The van der Waals surface area contributed by atoms with Gasteiger partial charge in [-0.25, -0.2) is 15.2 Å². The highest BCUT2D eigenvalue weighted by atomic mass is 19.1. The maximum atomic E-state index is 13.2. The highest BCUT2D eigenvalue weighted by Crippen LogP contribution is 2.40. The van der Waals surface area contributed by atoms with Gasteiger partial charge in [-0.15, -0.1) is 0 Å². The number of carbonyl (C=O) groups is 1. The highest BCUT2D eigenvalue weighted by Gasteiger charge is 2.34. The maximum absolute atomic E-state index is 13.2. The van der Waals surface area contributed by atoms with Crippen LogP contribution in [0.15, 0.2) is 36.4 Å².